The van der Waals surface area contributed by atoms with E-state index in [1.165, 1.54) is 45.1 Å². The van der Waals surface area contributed by atoms with Crippen LogP contribution in [0.2, 0.25) is 0 Å². The second-order valence-electron chi connectivity index (χ2n) is 5.70. The molecule has 1 nitrogen and oxygen atoms in total. The van der Waals surface area contributed by atoms with Gasteiger partial charge in [0.2, 0.25) is 0 Å². The maximum atomic E-state index is 3.65. The Labute approximate surface area is 82.3 Å². The van der Waals surface area contributed by atoms with Gasteiger partial charge >= 0.3 is 0 Å². The van der Waals surface area contributed by atoms with Crippen molar-refractivity contribution in [1.29, 1.82) is 0 Å². The summed E-state index contributed by atoms with van der Waals surface area (Å²) in [4.78, 5) is 0. The maximum Gasteiger partial charge on any atom is 0.00958 e. The van der Waals surface area contributed by atoms with Crippen molar-refractivity contribution in [3.63, 3.8) is 0 Å². The second kappa shape index (κ2) is 3.61. The zero-order chi connectivity index (χ0) is 9.31. The molecule has 1 unspecified atom stereocenters. The molecule has 0 amide bonds. The largest absolute Gasteiger partial charge is 0.314 e. The summed E-state index contributed by atoms with van der Waals surface area (Å²) < 4.78 is 0. The zero-order valence-electron chi connectivity index (χ0n) is 9.10. The van der Waals surface area contributed by atoms with Gasteiger partial charge in [-0.2, -0.15) is 0 Å². The normalized spacial score (nSPS) is 35.1. The van der Waals surface area contributed by atoms with E-state index in [1.54, 1.807) is 0 Å². The highest BCUT2D eigenvalue weighted by Crippen LogP contribution is 2.40. The van der Waals surface area contributed by atoms with E-state index in [2.05, 4.69) is 19.2 Å². The number of hydrogen-bond donors (Lipinski definition) is 1. The third kappa shape index (κ3) is 2.25. The Kier molecular flexibility index (Phi) is 2.64. The number of rotatable bonds is 1. The molecular weight excluding hydrogens is 158 g/mol. The van der Waals surface area contributed by atoms with Crippen molar-refractivity contribution in [1.82, 2.24) is 5.32 Å². The summed E-state index contributed by atoms with van der Waals surface area (Å²) in [5.41, 5.74) is 0.634. The third-order valence-electron chi connectivity index (χ3n) is 4.05. The first-order valence-corrected chi connectivity index (χ1v) is 5.91. The molecule has 0 aromatic rings. The quantitative estimate of drug-likeness (QED) is 0.656. The Morgan fingerprint density at radius 2 is 1.77 bits per heavy atom. The van der Waals surface area contributed by atoms with Crippen LogP contribution in [0.1, 0.15) is 52.4 Å². The lowest BCUT2D eigenvalue weighted by molar-refractivity contribution is 0.167. The molecule has 1 heteroatoms. The monoisotopic (exact) mass is 181 g/mol. The van der Waals surface area contributed by atoms with Crippen molar-refractivity contribution < 1.29 is 0 Å². The van der Waals surface area contributed by atoms with Crippen LogP contribution in [-0.2, 0) is 0 Å². The standard InChI is InChI=1S/C12H23N/c1-12(2)7-5-10(6-8-12)11-4-3-9-13-11/h10-11,13H,3-9H2,1-2H3. The molecule has 0 radical (unpaired) electrons. The van der Waals surface area contributed by atoms with E-state index in [-0.39, 0.29) is 0 Å². The van der Waals surface area contributed by atoms with E-state index in [4.69, 9.17) is 0 Å². The van der Waals surface area contributed by atoms with Gasteiger partial charge in [0.15, 0.2) is 0 Å². The molecule has 1 aliphatic carbocycles. The first-order chi connectivity index (χ1) is 6.17. The molecule has 0 aromatic heterocycles. The summed E-state index contributed by atoms with van der Waals surface area (Å²) in [6, 6.07) is 0.871. The molecule has 0 spiro atoms. The summed E-state index contributed by atoms with van der Waals surface area (Å²) in [6.07, 6.45) is 8.65. The van der Waals surface area contributed by atoms with Crippen LogP contribution in [0.15, 0.2) is 0 Å². The smallest absolute Gasteiger partial charge is 0.00958 e. The molecule has 2 rings (SSSR count). The Bertz CT molecular complexity index is 158. The molecule has 0 aromatic carbocycles. The minimum absolute atomic E-state index is 0.634. The highest BCUT2D eigenvalue weighted by atomic mass is 14.9. The van der Waals surface area contributed by atoms with Gasteiger partial charge < -0.3 is 5.32 Å². The van der Waals surface area contributed by atoms with E-state index >= 15 is 0 Å². The molecule has 2 fully saturated rings. The van der Waals surface area contributed by atoms with E-state index in [0.717, 1.165) is 12.0 Å². The van der Waals surface area contributed by atoms with Crippen LogP contribution < -0.4 is 5.32 Å². The summed E-state index contributed by atoms with van der Waals surface area (Å²) >= 11 is 0. The summed E-state index contributed by atoms with van der Waals surface area (Å²) in [6.45, 7) is 6.11. The lowest BCUT2D eigenvalue weighted by Crippen LogP contribution is -2.34. The highest BCUT2D eigenvalue weighted by Gasteiger charge is 2.32. The van der Waals surface area contributed by atoms with Crippen molar-refractivity contribution in [3.05, 3.63) is 0 Å². The van der Waals surface area contributed by atoms with Gasteiger partial charge in [-0.25, -0.2) is 0 Å². The lowest BCUT2D eigenvalue weighted by atomic mass is 9.71. The molecule has 1 N–H and O–H groups in total. The van der Waals surface area contributed by atoms with Crippen LogP contribution >= 0.6 is 0 Å². The molecule has 1 saturated heterocycles. The van der Waals surface area contributed by atoms with Gasteiger partial charge in [0, 0.05) is 6.04 Å². The van der Waals surface area contributed by atoms with E-state index in [0.29, 0.717) is 5.41 Å². The molecule has 0 bridgehead atoms. The number of hydrogen-bond acceptors (Lipinski definition) is 1. The van der Waals surface area contributed by atoms with Crippen molar-refractivity contribution in [2.75, 3.05) is 6.54 Å². The first-order valence-electron chi connectivity index (χ1n) is 5.91. The van der Waals surface area contributed by atoms with Gasteiger partial charge in [-0.15, -0.1) is 0 Å². The fraction of sp³-hybridized carbons (Fsp3) is 1.00. The molecule has 1 atom stereocenters. The maximum absolute atomic E-state index is 3.65. The fourth-order valence-corrected chi connectivity index (χ4v) is 2.94. The molecule has 13 heavy (non-hydrogen) atoms. The average Bonchev–Trinajstić information content (AvgIpc) is 2.56. The van der Waals surface area contributed by atoms with Crippen LogP contribution in [0, 0.1) is 11.3 Å². The molecular formula is C12H23N. The van der Waals surface area contributed by atoms with Crippen LogP contribution in [-0.4, -0.2) is 12.6 Å². The minimum atomic E-state index is 0.634. The summed E-state index contributed by atoms with van der Waals surface area (Å²) in [5, 5.41) is 3.65. The summed E-state index contributed by atoms with van der Waals surface area (Å²) in [5.74, 6) is 0.996. The topological polar surface area (TPSA) is 12.0 Å². The predicted octanol–water partition coefficient (Wildman–Crippen LogP) is 2.95. The highest BCUT2D eigenvalue weighted by molar-refractivity contribution is 4.87. The van der Waals surface area contributed by atoms with Crippen LogP contribution in [0.25, 0.3) is 0 Å². The molecule has 1 aliphatic heterocycles. The van der Waals surface area contributed by atoms with Gasteiger partial charge in [0.1, 0.15) is 0 Å². The van der Waals surface area contributed by atoms with Gasteiger partial charge in [-0.1, -0.05) is 13.8 Å². The Morgan fingerprint density at radius 3 is 2.31 bits per heavy atom. The van der Waals surface area contributed by atoms with Crippen molar-refractivity contribution >= 4 is 0 Å². The van der Waals surface area contributed by atoms with E-state index < -0.39 is 0 Å². The van der Waals surface area contributed by atoms with Gasteiger partial charge in [-0.3, -0.25) is 0 Å². The lowest BCUT2D eigenvalue weighted by Gasteiger charge is -2.36. The van der Waals surface area contributed by atoms with Crippen molar-refractivity contribution in [2.24, 2.45) is 11.3 Å². The van der Waals surface area contributed by atoms with Crippen molar-refractivity contribution in [3.8, 4) is 0 Å². The van der Waals surface area contributed by atoms with Crippen LogP contribution in [0.5, 0.6) is 0 Å². The Hall–Kier alpha value is -0.0400. The summed E-state index contributed by atoms with van der Waals surface area (Å²) in [7, 11) is 0. The number of nitrogens with one attached hydrogen (secondary N) is 1. The van der Waals surface area contributed by atoms with Gasteiger partial charge in [0.25, 0.3) is 0 Å². The molecule has 2 aliphatic rings. The van der Waals surface area contributed by atoms with Gasteiger partial charge in [0.05, 0.1) is 0 Å². The van der Waals surface area contributed by atoms with Crippen LogP contribution in [0.3, 0.4) is 0 Å². The zero-order valence-corrected chi connectivity index (χ0v) is 9.10. The van der Waals surface area contributed by atoms with Crippen molar-refractivity contribution in [2.45, 2.75) is 58.4 Å². The van der Waals surface area contributed by atoms with E-state index in [9.17, 15) is 0 Å². The average molecular weight is 181 g/mol. The second-order valence-corrected chi connectivity index (χ2v) is 5.70. The fourth-order valence-electron chi connectivity index (χ4n) is 2.94. The molecule has 1 heterocycles. The molecule has 76 valence electrons. The first kappa shape index (κ1) is 9.51. The minimum Gasteiger partial charge on any atom is -0.314 e. The third-order valence-corrected chi connectivity index (χ3v) is 4.05. The Balaban J connectivity index is 1.83. The predicted molar refractivity (Wildman–Crippen MR) is 56.8 cm³/mol. The Morgan fingerprint density at radius 1 is 1.08 bits per heavy atom. The SMILES string of the molecule is CC1(C)CCC(C2CCCN2)CC1. The molecule has 1 saturated carbocycles. The van der Waals surface area contributed by atoms with E-state index in [1.807, 2.05) is 0 Å². The van der Waals surface area contributed by atoms with Crippen LogP contribution in [0.4, 0.5) is 0 Å². The van der Waals surface area contributed by atoms with Gasteiger partial charge in [-0.05, 0) is 56.4 Å².